The van der Waals surface area contributed by atoms with E-state index in [9.17, 15) is 10.1 Å². The van der Waals surface area contributed by atoms with Crippen molar-refractivity contribution in [1.82, 2.24) is 15.0 Å². The predicted octanol–water partition coefficient (Wildman–Crippen LogP) is 6.31. The number of ether oxygens (including phenoxy) is 2. The number of nitro groups is 1. The van der Waals surface area contributed by atoms with Crippen LogP contribution < -0.4 is 16.0 Å². The van der Waals surface area contributed by atoms with Crippen LogP contribution in [0.5, 0.6) is 0 Å². The van der Waals surface area contributed by atoms with Crippen LogP contribution in [0.3, 0.4) is 0 Å². The highest BCUT2D eigenvalue weighted by Gasteiger charge is 2.08. The lowest BCUT2D eigenvalue weighted by atomic mass is 10.3. The summed E-state index contributed by atoms with van der Waals surface area (Å²) in [6.45, 7) is 6.09. The SMILES string of the molecule is CCCCOCNc1nc(NCOCCCC)nc(Nc2ccc(N=Nc3ccc([N+](=O)[O-])cc3)cc2)n1. The first-order valence-electron chi connectivity index (χ1n) is 12.5. The Bertz CT molecular complexity index is 1130. The summed E-state index contributed by atoms with van der Waals surface area (Å²) < 4.78 is 11.1. The predicted molar refractivity (Wildman–Crippen MR) is 146 cm³/mol. The van der Waals surface area contributed by atoms with Crippen molar-refractivity contribution in [3.63, 3.8) is 0 Å². The van der Waals surface area contributed by atoms with Gasteiger partial charge in [0.1, 0.15) is 13.5 Å². The molecule has 0 radical (unpaired) electrons. The third-order valence-corrected chi connectivity index (χ3v) is 5.05. The Morgan fingerprint density at radius 1 is 0.763 bits per heavy atom. The Kier molecular flexibility index (Phi) is 11.8. The van der Waals surface area contributed by atoms with Crippen LogP contribution in [0.25, 0.3) is 0 Å². The molecule has 1 aromatic heterocycles. The molecule has 0 unspecified atom stereocenters. The standard InChI is InChI=1S/C25H33N9O4/c1-3-5-15-37-17-26-23-29-24(27-18-38-16-6-4-2)31-25(30-23)28-19-7-9-20(10-8-19)32-33-21-11-13-22(14-12-21)34(35)36/h7-14H,3-6,15-18H2,1-2H3,(H3,26,27,28,29,30,31). The molecule has 0 spiro atoms. The molecular weight excluding hydrogens is 490 g/mol. The van der Waals surface area contributed by atoms with E-state index in [1.807, 2.05) is 12.1 Å². The fraction of sp³-hybridized carbons (Fsp3) is 0.400. The molecule has 0 aliphatic carbocycles. The van der Waals surface area contributed by atoms with Gasteiger partial charge < -0.3 is 25.4 Å². The number of non-ortho nitro benzene ring substituents is 1. The second-order valence-electron chi connectivity index (χ2n) is 8.12. The van der Waals surface area contributed by atoms with Gasteiger partial charge in [0.15, 0.2) is 0 Å². The summed E-state index contributed by atoms with van der Waals surface area (Å²) in [5.74, 6) is 1.07. The molecule has 0 amide bonds. The Morgan fingerprint density at radius 2 is 1.24 bits per heavy atom. The van der Waals surface area contributed by atoms with E-state index < -0.39 is 4.92 Å². The van der Waals surface area contributed by atoms with Crippen molar-refractivity contribution in [2.75, 3.05) is 42.6 Å². The number of rotatable bonds is 17. The van der Waals surface area contributed by atoms with E-state index in [0.29, 0.717) is 42.4 Å². The van der Waals surface area contributed by atoms with Gasteiger partial charge in [-0.3, -0.25) is 10.1 Å². The van der Waals surface area contributed by atoms with Crippen LogP contribution in [0.2, 0.25) is 0 Å². The zero-order chi connectivity index (χ0) is 27.0. The van der Waals surface area contributed by atoms with E-state index in [-0.39, 0.29) is 19.1 Å². The normalized spacial score (nSPS) is 11.0. The number of benzene rings is 2. The average Bonchev–Trinajstić information content (AvgIpc) is 2.92. The van der Waals surface area contributed by atoms with E-state index in [0.717, 1.165) is 31.4 Å². The second kappa shape index (κ2) is 15.8. The molecule has 0 aliphatic rings. The van der Waals surface area contributed by atoms with Gasteiger partial charge in [0.2, 0.25) is 17.8 Å². The summed E-state index contributed by atoms with van der Waals surface area (Å²) in [4.78, 5) is 23.5. The zero-order valence-electron chi connectivity index (χ0n) is 21.6. The lowest BCUT2D eigenvalue weighted by molar-refractivity contribution is -0.384. The van der Waals surface area contributed by atoms with Crippen molar-refractivity contribution >= 4 is 40.6 Å². The van der Waals surface area contributed by atoms with E-state index in [1.54, 1.807) is 24.3 Å². The monoisotopic (exact) mass is 523 g/mol. The molecular formula is C25H33N9O4. The van der Waals surface area contributed by atoms with Gasteiger partial charge in [-0.15, -0.1) is 0 Å². The van der Waals surface area contributed by atoms with Crippen molar-refractivity contribution in [3.05, 3.63) is 58.6 Å². The number of nitrogens with zero attached hydrogens (tertiary/aromatic N) is 6. The van der Waals surface area contributed by atoms with Crippen LogP contribution in [0.1, 0.15) is 39.5 Å². The Hall–Kier alpha value is -4.23. The topological polar surface area (TPSA) is 161 Å². The molecule has 2 aromatic carbocycles. The first kappa shape index (κ1) is 28.3. The molecule has 202 valence electrons. The third-order valence-electron chi connectivity index (χ3n) is 5.05. The molecule has 0 saturated heterocycles. The summed E-state index contributed by atoms with van der Waals surface area (Å²) in [6.07, 6.45) is 4.08. The highest BCUT2D eigenvalue weighted by atomic mass is 16.6. The lowest BCUT2D eigenvalue weighted by Crippen LogP contribution is -2.15. The third kappa shape index (κ3) is 10.0. The molecule has 0 bridgehead atoms. The number of nitrogens with one attached hydrogen (secondary N) is 3. The number of azo groups is 1. The van der Waals surface area contributed by atoms with Crippen molar-refractivity contribution in [2.24, 2.45) is 10.2 Å². The summed E-state index contributed by atoms with van der Waals surface area (Å²) in [7, 11) is 0. The number of aromatic nitrogens is 3. The van der Waals surface area contributed by atoms with Gasteiger partial charge in [-0.2, -0.15) is 25.2 Å². The minimum absolute atomic E-state index is 0.00228. The van der Waals surface area contributed by atoms with Gasteiger partial charge in [-0.25, -0.2) is 0 Å². The Balaban J connectivity index is 1.63. The van der Waals surface area contributed by atoms with E-state index in [4.69, 9.17) is 9.47 Å². The Morgan fingerprint density at radius 3 is 1.71 bits per heavy atom. The van der Waals surface area contributed by atoms with Gasteiger partial charge in [-0.05, 0) is 49.2 Å². The molecule has 0 aliphatic heterocycles. The maximum absolute atomic E-state index is 10.8. The molecule has 0 fully saturated rings. The molecule has 3 aromatic rings. The fourth-order valence-electron chi connectivity index (χ4n) is 2.96. The molecule has 1 heterocycles. The fourth-order valence-corrected chi connectivity index (χ4v) is 2.96. The summed E-state index contributed by atoms with van der Waals surface area (Å²) in [6, 6.07) is 13.0. The second-order valence-corrected chi connectivity index (χ2v) is 8.12. The summed E-state index contributed by atoms with van der Waals surface area (Å²) >= 11 is 0. The number of hydrogen-bond donors (Lipinski definition) is 3. The van der Waals surface area contributed by atoms with E-state index in [2.05, 4.69) is 55.0 Å². The van der Waals surface area contributed by atoms with Gasteiger partial charge in [0.25, 0.3) is 5.69 Å². The molecule has 0 atom stereocenters. The largest absolute Gasteiger partial charge is 0.361 e. The molecule has 0 saturated carbocycles. The first-order valence-corrected chi connectivity index (χ1v) is 12.5. The molecule has 3 rings (SSSR count). The zero-order valence-corrected chi connectivity index (χ0v) is 21.6. The quantitative estimate of drug-likeness (QED) is 0.0601. The summed E-state index contributed by atoms with van der Waals surface area (Å²) in [5, 5.41) is 28.3. The van der Waals surface area contributed by atoms with Crippen molar-refractivity contribution < 1.29 is 14.4 Å². The maximum Gasteiger partial charge on any atom is 0.269 e. The minimum atomic E-state index is -0.458. The smallest absolute Gasteiger partial charge is 0.269 e. The Labute approximate surface area is 221 Å². The minimum Gasteiger partial charge on any atom is -0.361 e. The van der Waals surface area contributed by atoms with E-state index in [1.165, 1.54) is 12.1 Å². The van der Waals surface area contributed by atoms with Crippen molar-refractivity contribution in [1.29, 1.82) is 0 Å². The number of hydrogen-bond acceptors (Lipinski definition) is 12. The van der Waals surface area contributed by atoms with Crippen LogP contribution >= 0.6 is 0 Å². The number of anilines is 4. The van der Waals surface area contributed by atoms with Gasteiger partial charge in [0, 0.05) is 31.0 Å². The average molecular weight is 524 g/mol. The van der Waals surface area contributed by atoms with Crippen LogP contribution in [-0.4, -0.2) is 46.6 Å². The molecule has 38 heavy (non-hydrogen) atoms. The van der Waals surface area contributed by atoms with Gasteiger partial charge in [-0.1, -0.05) is 26.7 Å². The van der Waals surface area contributed by atoms with Crippen molar-refractivity contribution in [3.8, 4) is 0 Å². The van der Waals surface area contributed by atoms with Crippen LogP contribution in [0.4, 0.5) is 40.6 Å². The lowest BCUT2D eigenvalue weighted by Gasteiger charge is -2.12. The highest BCUT2D eigenvalue weighted by Crippen LogP contribution is 2.23. The summed E-state index contributed by atoms with van der Waals surface area (Å²) in [5.41, 5.74) is 1.87. The molecule has 13 nitrogen and oxygen atoms in total. The number of nitro benzene ring substituents is 1. The first-order chi connectivity index (χ1) is 18.6. The number of unbranched alkanes of at least 4 members (excludes halogenated alkanes) is 2. The van der Waals surface area contributed by atoms with E-state index >= 15 is 0 Å². The highest BCUT2D eigenvalue weighted by molar-refractivity contribution is 5.58. The van der Waals surface area contributed by atoms with Gasteiger partial charge >= 0.3 is 0 Å². The van der Waals surface area contributed by atoms with Crippen LogP contribution in [-0.2, 0) is 9.47 Å². The van der Waals surface area contributed by atoms with Gasteiger partial charge in [0.05, 0.1) is 16.3 Å². The van der Waals surface area contributed by atoms with Crippen LogP contribution in [0, 0.1) is 10.1 Å². The molecule has 13 heteroatoms. The van der Waals surface area contributed by atoms with Crippen LogP contribution in [0.15, 0.2) is 58.8 Å². The maximum atomic E-state index is 10.8. The van der Waals surface area contributed by atoms with Crippen molar-refractivity contribution in [2.45, 2.75) is 39.5 Å². The molecule has 3 N–H and O–H groups in total.